The summed E-state index contributed by atoms with van der Waals surface area (Å²) >= 11 is 3.74. The summed E-state index contributed by atoms with van der Waals surface area (Å²) in [5.41, 5.74) is 4.52. The maximum Gasteiger partial charge on any atom is 0.0707 e. The Morgan fingerprint density at radius 3 is 2.44 bits per heavy atom. The number of halogens is 1. The predicted molar refractivity (Wildman–Crippen MR) is 80.9 cm³/mol. The minimum absolute atomic E-state index is 0.0453. The number of hydrogen-bond acceptors (Lipinski definition) is 1. The Morgan fingerprint density at radius 2 is 1.89 bits per heavy atom. The van der Waals surface area contributed by atoms with E-state index in [0.29, 0.717) is 0 Å². The highest BCUT2D eigenvalue weighted by molar-refractivity contribution is 9.09. The van der Waals surface area contributed by atoms with Crippen LogP contribution in [0.1, 0.15) is 53.4 Å². The van der Waals surface area contributed by atoms with Crippen molar-refractivity contribution < 1.29 is 5.11 Å². The zero-order chi connectivity index (χ0) is 13.7. The van der Waals surface area contributed by atoms with Crippen LogP contribution in [-0.4, -0.2) is 16.0 Å². The fourth-order valence-electron chi connectivity index (χ4n) is 3.91. The van der Waals surface area contributed by atoms with E-state index in [1.165, 1.54) is 24.0 Å². The Balaban J connectivity index is 2.45. The van der Waals surface area contributed by atoms with Crippen molar-refractivity contribution in [1.82, 2.24) is 0 Å². The summed E-state index contributed by atoms with van der Waals surface area (Å²) in [5, 5.41) is 10.2. The summed E-state index contributed by atoms with van der Waals surface area (Å²) in [6, 6.07) is 0. The Hall–Kier alpha value is -0.0800. The normalized spacial score (nSPS) is 40.4. The van der Waals surface area contributed by atoms with Gasteiger partial charge in [0.1, 0.15) is 0 Å². The van der Waals surface area contributed by atoms with Crippen LogP contribution in [0.15, 0.2) is 23.3 Å². The monoisotopic (exact) mass is 312 g/mol. The zero-order valence-electron chi connectivity index (χ0n) is 12.0. The van der Waals surface area contributed by atoms with Crippen LogP contribution in [0.5, 0.6) is 0 Å². The molecule has 0 amide bonds. The molecule has 0 bridgehead atoms. The highest BCUT2D eigenvalue weighted by atomic mass is 79.9. The third kappa shape index (κ3) is 1.84. The molecule has 0 aromatic rings. The van der Waals surface area contributed by atoms with E-state index < -0.39 is 0 Å². The van der Waals surface area contributed by atoms with E-state index in [-0.39, 0.29) is 21.8 Å². The summed E-state index contributed by atoms with van der Waals surface area (Å²) in [7, 11) is 0. The van der Waals surface area contributed by atoms with Gasteiger partial charge in [0, 0.05) is 10.2 Å². The van der Waals surface area contributed by atoms with Gasteiger partial charge in [0.05, 0.1) is 6.10 Å². The van der Waals surface area contributed by atoms with Crippen LogP contribution in [-0.2, 0) is 0 Å². The third-order valence-corrected chi connectivity index (χ3v) is 7.37. The number of alkyl halides is 1. The van der Waals surface area contributed by atoms with Crippen LogP contribution in [0.25, 0.3) is 0 Å². The molecule has 102 valence electrons. The SMILES string of the molecule is C=C1CC(O)C(Br)C(C)(C)C12CCC(C)=C(C)C2. The molecule has 3 atom stereocenters. The minimum atomic E-state index is -0.301. The smallest absolute Gasteiger partial charge is 0.0707 e. The molecule has 0 aromatic carbocycles. The highest BCUT2D eigenvalue weighted by Gasteiger charge is 2.56. The number of aliphatic hydroxyl groups excluding tert-OH is 1. The van der Waals surface area contributed by atoms with Gasteiger partial charge >= 0.3 is 0 Å². The molecule has 2 aliphatic rings. The van der Waals surface area contributed by atoms with Gasteiger partial charge in [-0.15, -0.1) is 0 Å². The Kier molecular flexibility index (Phi) is 3.57. The lowest BCUT2D eigenvalue weighted by Gasteiger charge is -2.57. The van der Waals surface area contributed by atoms with Crippen LogP contribution in [0.3, 0.4) is 0 Å². The second-order valence-corrected chi connectivity index (χ2v) is 7.80. The van der Waals surface area contributed by atoms with Crippen molar-refractivity contribution in [3.05, 3.63) is 23.3 Å². The van der Waals surface area contributed by atoms with E-state index in [4.69, 9.17) is 0 Å². The van der Waals surface area contributed by atoms with Crippen LogP contribution < -0.4 is 0 Å². The molecule has 18 heavy (non-hydrogen) atoms. The highest BCUT2D eigenvalue weighted by Crippen LogP contribution is 2.62. The van der Waals surface area contributed by atoms with Gasteiger partial charge in [0.25, 0.3) is 0 Å². The van der Waals surface area contributed by atoms with Crippen molar-refractivity contribution >= 4 is 15.9 Å². The van der Waals surface area contributed by atoms with Gasteiger partial charge in [-0.25, -0.2) is 0 Å². The first-order valence-electron chi connectivity index (χ1n) is 6.88. The number of aliphatic hydroxyl groups is 1. The number of hydrogen-bond donors (Lipinski definition) is 1. The van der Waals surface area contributed by atoms with E-state index in [2.05, 4.69) is 50.2 Å². The molecule has 0 radical (unpaired) electrons. The summed E-state index contributed by atoms with van der Waals surface area (Å²) in [6.07, 6.45) is 3.90. The molecule has 0 aliphatic heterocycles. The van der Waals surface area contributed by atoms with Crippen molar-refractivity contribution in [2.45, 2.75) is 64.3 Å². The summed E-state index contributed by atoms with van der Waals surface area (Å²) in [6.45, 7) is 13.4. The minimum Gasteiger partial charge on any atom is -0.392 e. The Bertz CT molecular complexity index is 407. The van der Waals surface area contributed by atoms with Crippen LogP contribution in [0.2, 0.25) is 0 Å². The Morgan fingerprint density at radius 1 is 1.28 bits per heavy atom. The maximum atomic E-state index is 10.2. The molecule has 3 unspecified atom stereocenters. The van der Waals surface area contributed by atoms with Gasteiger partial charge in [-0.3, -0.25) is 0 Å². The summed E-state index contributed by atoms with van der Waals surface area (Å²) < 4.78 is 0. The predicted octanol–water partition coefficient (Wildman–Crippen LogP) is 4.60. The first-order chi connectivity index (χ1) is 8.22. The Labute approximate surface area is 119 Å². The average molecular weight is 313 g/mol. The van der Waals surface area contributed by atoms with E-state index in [1.807, 2.05) is 0 Å². The summed E-state index contributed by atoms with van der Waals surface area (Å²) in [5.74, 6) is 0. The molecule has 0 saturated heterocycles. The quantitative estimate of drug-likeness (QED) is 0.512. The molecule has 1 N–H and O–H groups in total. The molecule has 0 aromatic heterocycles. The fourth-order valence-corrected chi connectivity index (χ4v) is 4.53. The lowest BCUT2D eigenvalue weighted by atomic mass is 9.50. The van der Waals surface area contributed by atoms with Crippen molar-refractivity contribution in [2.24, 2.45) is 10.8 Å². The molecule has 0 heterocycles. The fraction of sp³-hybridized carbons (Fsp3) is 0.750. The third-order valence-electron chi connectivity index (χ3n) is 5.62. The van der Waals surface area contributed by atoms with Gasteiger partial charge in [0.15, 0.2) is 0 Å². The topological polar surface area (TPSA) is 20.2 Å². The average Bonchev–Trinajstić information content (AvgIpc) is 2.29. The van der Waals surface area contributed by atoms with Gasteiger partial charge in [0.2, 0.25) is 0 Å². The van der Waals surface area contributed by atoms with Crippen LogP contribution in [0.4, 0.5) is 0 Å². The van der Waals surface area contributed by atoms with E-state index >= 15 is 0 Å². The van der Waals surface area contributed by atoms with Crippen molar-refractivity contribution in [2.75, 3.05) is 0 Å². The molecule has 2 rings (SSSR count). The standard InChI is InChI=1S/C16H25BrO/c1-10-6-7-16(9-11(10)2)12(3)8-13(18)14(17)15(16,4)5/h13-14,18H,3,6-9H2,1-2,4-5H3. The van der Waals surface area contributed by atoms with E-state index in [1.54, 1.807) is 5.57 Å². The van der Waals surface area contributed by atoms with Gasteiger partial charge in [-0.05, 0) is 44.9 Å². The second kappa shape index (κ2) is 4.49. The van der Waals surface area contributed by atoms with Crippen molar-refractivity contribution in [3.8, 4) is 0 Å². The first kappa shape index (κ1) is 14.3. The van der Waals surface area contributed by atoms with Crippen LogP contribution >= 0.6 is 15.9 Å². The maximum absolute atomic E-state index is 10.2. The first-order valence-corrected chi connectivity index (χ1v) is 7.79. The molecule has 1 nitrogen and oxygen atoms in total. The van der Waals surface area contributed by atoms with E-state index in [9.17, 15) is 5.11 Å². The zero-order valence-corrected chi connectivity index (χ0v) is 13.6. The van der Waals surface area contributed by atoms with Crippen LogP contribution in [0, 0.1) is 10.8 Å². The van der Waals surface area contributed by atoms with Crippen molar-refractivity contribution in [3.63, 3.8) is 0 Å². The lowest BCUT2D eigenvalue weighted by molar-refractivity contribution is -0.000834. The lowest BCUT2D eigenvalue weighted by Crippen LogP contribution is -2.54. The molecular formula is C16H25BrO. The molecule has 2 heteroatoms. The van der Waals surface area contributed by atoms with Gasteiger partial charge < -0.3 is 5.11 Å². The van der Waals surface area contributed by atoms with Gasteiger partial charge in [-0.1, -0.05) is 53.1 Å². The molecule has 1 spiro atoms. The number of allylic oxidation sites excluding steroid dienone is 2. The molecule has 1 saturated carbocycles. The molecule has 1 fully saturated rings. The summed E-state index contributed by atoms with van der Waals surface area (Å²) in [4.78, 5) is 0.154. The second-order valence-electron chi connectivity index (χ2n) is 6.82. The molecular weight excluding hydrogens is 288 g/mol. The van der Waals surface area contributed by atoms with Gasteiger partial charge in [-0.2, -0.15) is 0 Å². The van der Waals surface area contributed by atoms with E-state index in [0.717, 1.165) is 12.8 Å². The molecule has 2 aliphatic carbocycles. The number of rotatable bonds is 0. The van der Waals surface area contributed by atoms with Crippen molar-refractivity contribution in [1.29, 1.82) is 0 Å². The largest absolute Gasteiger partial charge is 0.392 e.